The van der Waals surface area contributed by atoms with Crippen LogP contribution in [0.2, 0.25) is 0 Å². The fourth-order valence-electron chi connectivity index (χ4n) is 3.25. The molecule has 2 N–H and O–H groups in total. The standard InChI is InChI=1S/C22H18N4O4/c1-13-7-6-10-16(11-13)25-20(28)18(19(27)23-22(25)30)12-17-14(2)24-26(21(17)29)15-8-4-3-5-9-15/h3-12,28H,1-2H3,(H,23,27,30). The number of hydrogen-bond donors (Lipinski definition) is 2. The molecule has 0 fully saturated rings. The molecule has 0 atom stereocenters. The first-order valence-electron chi connectivity index (χ1n) is 9.19. The van der Waals surface area contributed by atoms with Crippen molar-refractivity contribution in [3.8, 4) is 11.6 Å². The van der Waals surface area contributed by atoms with Gasteiger partial charge < -0.3 is 5.11 Å². The average molecular weight is 402 g/mol. The number of H-pyrrole nitrogens is 1. The summed E-state index contributed by atoms with van der Waals surface area (Å²) in [7, 11) is 0. The molecule has 3 aromatic rings. The molecule has 8 nitrogen and oxygen atoms in total. The number of aromatic hydroxyl groups is 1. The van der Waals surface area contributed by atoms with E-state index in [0.717, 1.165) is 10.1 Å². The van der Waals surface area contributed by atoms with Gasteiger partial charge in [0.25, 0.3) is 11.5 Å². The highest BCUT2D eigenvalue weighted by Gasteiger charge is 2.29. The van der Waals surface area contributed by atoms with E-state index in [1.54, 1.807) is 49.4 Å². The van der Waals surface area contributed by atoms with Gasteiger partial charge in [-0.2, -0.15) is 10.1 Å². The number of aromatic amines is 1. The van der Waals surface area contributed by atoms with Crippen LogP contribution in [0.1, 0.15) is 18.1 Å². The van der Waals surface area contributed by atoms with Crippen LogP contribution in [-0.4, -0.2) is 26.3 Å². The van der Waals surface area contributed by atoms with Gasteiger partial charge in [-0.1, -0.05) is 30.3 Å². The van der Waals surface area contributed by atoms with E-state index in [1.807, 2.05) is 19.1 Å². The predicted molar refractivity (Wildman–Crippen MR) is 114 cm³/mol. The molecule has 8 heteroatoms. The highest BCUT2D eigenvalue weighted by atomic mass is 16.3. The van der Waals surface area contributed by atoms with Gasteiger partial charge >= 0.3 is 5.69 Å². The Morgan fingerprint density at radius 3 is 2.37 bits per heavy atom. The van der Waals surface area contributed by atoms with Gasteiger partial charge in [0.2, 0.25) is 5.88 Å². The molecule has 4 rings (SSSR count). The largest absolute Gasteiger partial charge is 0.494 e. The second-order valence-corrected chi connectivity index (χ2v) is 6.87. The van der Waals surface area contributed by atoms with Gasteiger partial charge in [-0.3, -0.25) is 14.6 Å². The van der Waals surface area contributed by atoms with E-state index in [-0.39, 0.29) is 11.1 Å². The van der Waals surface area contributed by atoms with E-state index in [1.165, 1.54) is 11.1 Å². The third-order valence-electron chi connectivity index (χ3n) is 4.73. The van der Waals surface area contributed by atoms with E-state index in [2.05, 4.69) is 10.1 Å². The van der Waals surface area contributed by atoms with Crippen molar-refractivity contribution in [1.29, 1.82) is 0 Å². The second-order valence-electron chi connectivity index (χ2n) is 6.87. The Labute approximate surface area is 171 Å². The molecule has 0 saturated carbocycles. The normalized spacial score (nSPS) is 15.0. The van der Waals surface area contributed by atoms with E-state index in [9.17, 15) is 19.5 Å². The van der Waals surface area contributed by atoms with Crippen molar-refractivity contribution in [3.63, 3.8) is 0 Å². The summed E-state index contributed by atoms with van der Waals surface area (Å²) >= 11 is 0. The maximum Gasteiger partial charge on any atom is 0.335 e. The third-order valence-corrected chi connectivity index (χ3v) is 4.73. The SMILES string of the molecule is CC1=NN(c2ccccc2)C(=O)C1=Cc1c(O)n(-c2cccc(C)c2)c(=O)[nH]c1=O. The molecule has 2 aromatic carbocycles. The number of aryl methyl sites for hydroxylation is 1. The molecule has 0 saturated heterocycles. The molecular formula is C22H18N4O4. The smallest absolute Gasteiger partial charge is 0.335 e. The Bertz CT molecular complexity index is 1330. The lowest BCUT2D eigenvalue weighted by molar-refractivity contribution is -0.114. The molecule has 1 aliphatic rings. The molecule has 0 spiro atoms. The number of nitrogens with one attached hydrogen (secondary N) is 1. The molecule has 0 unspecified atom stereocenters. The zero-order valence-corrected chi connectivity index (χ0v) is 16.3. The zero-order chi connectivity index (χ0) is 21.4. The summed E-state index contributed by atoms with van der Waals surface area (Å²) in [5.74, 6) is -0.994. The van der Waals surface area contributed by atoms with Gasteiger partial charge in [-0.25, -0.2) is 9.36 Å². The molecule has 1 amide bonds. The van der Waals surface area contributed by atoms with Crippen LogP contribution in [0.15, 0.2) is 74.9 Å². The first-order chi connectivity index (χ1) is 14.4. The maximum absolute atomic E-state index is 12.9. The van der Waals surface area contributed by atoms with Crippen LogP contribution in [0.3, 0.4) is 0 Å². The number of hydrogen-bond acceptors (Lipinski definition) is 5. The van der Waals surface area contributed by atoms with Crippen LogP contribution >= 0.6 is 0 Å². The van der Waals surface area contributed by atoms with Gasteiger partial charge in [-0.05, 0) is 49.8 Å². The lowest BCUT2D eigenvalue weighted by Crippen LogP contribution is -2.30. The van der Waals surface area contributed by atoms with Crippen LogP contribution in [0.25, 0.3) is 11.8 Å². The Balaban J connectivity index is 1.84. The Kier molecular flexibility index (Phi) is 4.67. The number of rotatable bonds is 3. The molecule has 1 aliphatic heterocycles. The van der Waals surface area contributed by atoms with Crippen molar-refractivity contribution >= 4 is 23.4 Å². The van der Waals surface area contributed by atoms with Gasteiger partial charge in [0.15, 0.2) is 0 Å². The topological polar surface area (TPSA) is 108 Å². The molecule has 150 valence electrons. The fraction of sp³-hybridized carbons (Fsp3) is 0.0909. The number of carbonyl (C=O) groups excluding carboxylic acids is 1. The number of anilines is 1. The maximum atomic E-state index is 12.9. The lowest BCUT2D eigenvalue weighted by atomic mass is 10.1. The summed E-state index contributed by atoms with van der Waals surface area (Å²) < 4.78 is 0.988. The Morgan fingerprint density at radius 2 is 1.67 bits per heavy atom. The van der Waals surface area contributed by atoms with Crippen LogP contribution in [0.5, 0.6) is 5.88 Å². The average Bonchev–Trinajstić information content (AvgIpc) is 2.99. The summed E-state index contributed by atoms with van der Waals surface area (Å²) in [6, 6.07) is 15.8. The molecule has 0 radical (unpaired) electrons. The minimum absolute atomic E-state index is 0.147. The summed E-state index contributed by atoms with van der Waals surface area (Å²) in [5, 5.41) is 16.2. The van der Waals surface area contributed by atoms with Gasteiger partial charge in [0.05, 0.1) is 22.7 Å². The van der Waals surface area contributed by atoms with Crippen molar-refractivity contribution < 1.29 is 9.90 Å². The minimum atomic E-state index is -0.798. The first-order valence-corrected chi connectivity index (χ1v) is 9.19. The highest BCUT2D eigenvalue weighted by Crippen LogP contribution is 2.26. The monoisotopic (exact) mass is 402 g/mol. The number of para-hydroxylation sites is 1. The van der Waals surface area contributed by atoms with Crippen LogP contribution in [-0.2, 0) is 4.79 Å². The number of aromatic nitrogens is 2. The molecule has 2 heterocycles. The summed E-state index contributed by atoms with van der Waals surface area (Å²) in [6.45, 7) is 3.48. The van der Waals surface area contributed by atoms with Crippen molar-refractivity contribution in [1.82, 2.24) is 9.55 Å². The second kappa shape index (κ2) is 7.32. The van der Waals surface area contributed by atoms with Crippen molar-refractivity contribution in [3.05, 3.63) is 92.1 Å². The Hall–Kier alpha value is -4.20. The van der Waals surface area contributed by atoms with E-state index < -0.39 is 23.0 Å². The van der Waals surface area contributed by atoms with Crippen molar-refractivity contribution in [2.24, 2.45) is 5.10 Å². The van der Waals surface area contributed by atoms with E-state index in [4.69, 9.17) is 0 Å². The lowest BCUT2D eigenvalue weighted by Gasteiger charge is -2.12. The molecule has 0 bridgehead atoms. The highest BCUT2D eigenvalue weighted by molar-refractivity contribution is 6.32. The van der Waals surface area contributed by atoms with Crippen LogP contribution in [0.4, 0.5) is 5.69 Å². The minimum Gasteiger partial charge on any atom is -0.494 e. The quantitative estimate of drug-likeness (QED) is 0.656. The number of carbonyl (C=O) groups is 1. The van der Waals surface area contributed by atoms with Crippen LogP contribution in [0, 0.1) is 6.92 Å². The van der Waals surface area contributed by atoms with Crippen molar-refractivity contribution in [2.45, 2.75) is 13.8 Å². The zero-order valence-electron chi connectivity index (χ0n) is 16.3. The molecule has 30 heavy (non-hydrogen) atoms. The molecule has 0 aliphatic carbocycles. The van der Waals surface area contributed by atoms with Crippen molar-refractivity contribution in [2.75, 3.05) is 5.01 Å². The van der Waals surface area contributed by atoms with Gasteiger partial charge in [0.1, 0.15) is 5.56 Å². The molecular weight excluding hydrogens is 384 g/mol. The van der Waals surface area contributed by atoms with Crippen LogP contribution < -0.4 is 16.3 Å². The fourth-order valence-corrected chi connectivity index (χ4v) is 3.25. The summed E-state index contributed by atoms with van der Waals surface area (Å²) in [5.41, 5.74) is 0.592. The summed E-state index contributed by atoms with van der Waals surface area (Å²) in [4.78, 5) is 39.9. The molecule has 1 aromatic heterocycles. The first kappa shape index (κ1) is 19.1. The van der Waals surface area contributed by atoms with E-state index >= 15 is 0 Å². The van der Waals surface area contributed by atoms with E-state index in [0.29, 0.717) is 17.1 Å². The summed E-state index contributed by atoms with van der Waals surface area (Å²) in [6.07, 6.45) is 1.25. The predicted octanol–water partition coefficient (Wildman–Crippen LogP) is 2.35. The number of benzene rings is 2. The third kappa shape index (κ3) is 3.24. The Morgan fingerprint density at radius 1 is 0.967 bits per heavy atom. The number of nitrogens with zero attached hydrogens (tertiary/aromatic N) is 3. The number of amides is 1. The number of hydrazone groups is 1. The van der Waals surface area contributed by atoms with Gasteiger partial charge in [-0.15, -0.1) is 0 Å². The van der Waals surface area contributed by atoms with Gasteiger partial charge in [0, 0.05) is 0 Å².